The van der Waals surface area contributed by atoms with Gasteiger partial charge < -0.3 is 24.8 Å². The molecule has 2 aliphatic rings. The van der Waals surface area contributed by atoms with Gasteiger partial charge in [0.15, 0.2) is 11.5 Å². The molecule has 2 amide bonds. The second-order valence-corrected chi connectivity index (χ2v) is 6.84. The Hall–Kier alpha value is -2.73. The van der Waals surface area contributed by atoms with Crippen molar-refractivity contribution in [2.45, 2.75) is 32.0 Å². The number of carbonyl (C=O) groups excluding carboxylic acids is 1. The van der Waals surface area contributed by atoms with E-state index in [1.807, 2.05) is 47.4 Å². The van der Waals surface area contributed by atoms with E-state index in [1.54, 1.807) is 0 Å². The van der Waals surface area contributed by atoms with Crippen LogP contribution in [0.3, 0.4) is 0 Å². The van der Waals surface area contributed by atoms with E-state index in [1.165, 1.54) is 0 Å². The molecule has 1 fully saturated rings. The summed E-state index contributed by atoms with van der Waals surface area (Å²) in [6.07, 6.45) is 1.90. The zero-order valence-corrected chi connectivity index (χ0v) is 15.2. The number of rotatable bonds is 4. The van der Waals surface area contributed by atoms with Crippen LogP contribution in [0.15, 0.2) is 42.5 Å². The average Bonchev–Trinajstić information content (AvgIpc) is 3.22. The van der Waals surface area contributed by atoms with Gasteiger partial charge >= 0.3 is 6.03 Å². The third-order valence-electron chi connectivity index (χ3n) is 5.18. The molecule has 2 aromatic carbocycles. The van der Waals surface area contributed by atoms with Crippen LogP contribution in [0.2, 0.25) is 0 Å². The summed E-state index contributed by atoms with van der Waals surface area (Å²) in [5.41, 5.74) is 2.84. The molecule has 2 N–H and O–H groups in total. The molecule has 1 saturated heterocycles. The summed E-state index contributed by atoms with van der Waals surface area (Å²) in [5, 5.41) is 12.4. The SMILES string of the molecule is O=C(NCc1ccccc1CO)N1CCC[C@@H]1c1ccc2c(c1)OCCO2. The van der Waals surface area contributed by atoms with Crippen LogP contribution in [0.1, 0.15) is 35.6 Å². The Morgan fingerprint density at radius 1 is 1.11 bits per heavy atom. The number of likely N-dealkylation sites (tertiary alicyclic amines) is 1. The number of amides is 2. The Balaban J connectivity index is 1.45. The quantitative estimate of drug-likeness (QED) is 0.870. The molecule has 2 aliphatic heterocycles. The van der Waals surface area contributed by atoms with Gasteiger partial charge in [-0.2, -0.15) is 0 Å². The molecule has 0 saturated carbocycles. The number of nitrogens with zero attached hydrogens (tertiary/aromatic N) is 1. The van der Waals surface area contributed by atoms with Crippen LogP contribution in [-0.2, 0) is 13.2 Å². The highest BCUT2D eigenvalue weighted by Crippen LogP contribution is 2.38. The Kier molecular flexibility index (Phi) is 5.16. The smallest absolute Gasteiger partial charge is 0.318 e. The molecule has 2 aromatic rings. The number of benzene rings is 2. The third kappa shape index (κ3) is 3.71. The van der Waals surface area contributed by atoms with Gasteiger partial charge in [0.05, 0.1) is 12.6 Å². The Bertz CT molecular complexity index is 824. The van der Waals surface area contributed by atoms with E-state index >= 15 is 0 Å². The monoisotopic (exact) mass is 368 g/mol. The predicted molar refractivity (Wildman–Crippen MR) is 101 cm³/mol. The minimum atomic E-state index is -0.0832. The van der Waals surface area contributed by atoms with Crippen molar-refractivity contribution in [1.82, 2.24) is 10.2 Å². The van der Waals surface area contributed by atoms with E-state index in [4.69, 9.17) is 9.47 Å². The predicted octanol–water partition coefficient (Wildman–Crippen LogP) is 3.00. The molecular formula is C21H24N2O4. The first-order valence-electron chi connectivity index (χ1n) is 9.38. The molecule has 0 unspecified atom stereocenters. The van der Waals surface area contributed by atoms with Crippen LogP contribution in [0.5, 0.6) is 11.5 Å². The van der Waals surface area contributed by atoms with Gasteiger partial charge in [-0.3, -0.25) is 0 Å². The van der Waals surface area contributed by atoms with Gasteiger partial charge in [-0.25, -0.2) is 4.79 Å². The topological polar surface area (TPSA) is 71.0 Å². The van der Waals surface area contributed by atoms with Crippen LogP contribution in [0.25, 0.3) is 0 Å². The Morgan fingerprint density at radius 2 is 1.89 bits per heavy atom. The molecule has 0 bridgehead atoms. The first-order valence-corrected chi connectivity index (χ1v) is 9.38. The van der Waals surface area contributed by atoms with Crippen molar-refractivity contribution >= 4 is 6.03 Å². The number of fused-ring (bicyclic) bond motifs is 1. The van der Waals surface area contributed by atoms with Crippen LogP contribution in [0.4, 0.5) is 4.79 Å². The summed E-state index contributed by atoms with van der Waals surface area (Å²) in [5.74, 6) is 1.52. The highest BCUT2D eigenvalue weighted by atomic mass is 16.6. The standard InChI is InChI=1S/C21H24N2O4/c24-14-17-5-2-1-4-16(17)13-22-21(25)23-9-3-6-18(23)15-7-8-19-20(12-15)27-11-10-26-19/h1-2,4-5,7-8,12,18,24H,3,6,9-11,13-14H2,(H,22,25)/t18-/m1/s1. The van der Waals surface area contributed by atoms with Crippen LogP contribution < -0.4 is 14.8 Å². The minimum Gasteiger partial charge on any atom is -0.486 e. The second kappa shape index (κ2) is 7.88. The van der Waals surface area contributed by atoms with Crippen LogP contribution in [0, 0.1) is 0 Å². The fourth-order valence-electron chi connectivity index (χ4n) is 3.78. The van der Waals surface area contributed by atoms with Crippen molar-refractivity contribution in [2.75, 3.05) is 19.8 Å². The maximum absolute atomic E-state index is 12.8. The van der Waals surface area contributed by atoms with Crippen molar-refractivity contribution in [3.63, 3.8) is 0 Å². The van der Waals surface area contributed by atoms with E-state index in [-0.39, 0.29) is 18.7 Å². The molecule has 1 atom stereocenters. The molecule has 0 aliphatic carbocycles. The molecule has 0 spiro atoms. The zero-order chi connectivity index (χ0) is 18.6. The normalized spacial score (nSPS) is 18.4. The molecular weight excluding hydrogens is 344 g/mol. The first kappa shape index (κ1) is 17.7. The summed E-state index contributed by atoms with van der Waals surface area (Å²) in [7, 11) is 0. The van der Waals surface area contributed by atoms with E-state index < -0.39 is 0 Å². The maximum atomic E-state index is 12.8. The molecule has 142 valence electrons. The molecule has 6 heteroatoms. The van der Waals surface area contributed by atoms with Gasteiger partial charge in [0.2, 0.25) is 0 Å². The molecule has 27 heavy (non-hydrogen) atoms. The van der Waals surface area contributed by atoms with Gasteiger partial charge in [0.1, 0.15) is 13.2 Å². The van der Waals surface area contributed by atoms with Gasteiger partial charge in [-0.15, -0.1) is 0 Å². The molecule has 6 nitrogen and oxygen atoms in total. The lowest BCUT2D eigenvalue weighted by atomic mass is 10.0. The number of urea groups is 1. The van der Waals surface area contributed by atoms with E-state index in [0.29, 0.717) is 19.8 Å². The van der Waals surface area contributed by atoms with Gasteiger partial charge in [-0.1, -0.05) is 30.3 Å². The Morgan fingerprint density at radius 3 is 2.70 bits per heavy atom. The van der Waals surface area contributed by atoms with Crippen LogP contribution >= 0.6 is 0 Å². The number of hydrogen-bond acceptors (Lipinski definition) is 4. The van der Waals surface area contributed by atoms with Gasteiger partial charge in [0, 0.05) is 13.1 Å². The van der Waals surface area contributed by atoms with Crippen LogP contribution in [-0.4, -0.2) is 35.8 Å². The van der Waals surface area contributed by atoms with Gasteiger partial charge in [-0.05, 0) is 41.7 Å². The molecule has 4 rings (SSSR count). The van der Waals surface area contributed by atoms with Gasteiger partial charge in [0.25, 0.3) is 0 Å². The van der Waals surface area contributed by atoms with E-state index in [0.717, 1.165) is 47.6 Å². The number of aliphatic hydroxyl groups is 1. The van der Waals surface area contributed by atoms with Crippen molar-refractivity contribution in [2.24, 2.45) is 0 Å². The summed E-state index contributed by atoms with van der Waals surface area (Å²) in [4.78, 5) is 14.7. The lowest BCUT2D eigenvalue weighted by Crippen LogP contribution is -2.39. The summed E-state index contributed by atoms with van der Waals surface area (Å²) in [6.45, 7) is 2.22. The maximum Gasteiger partial charge on any atom is 0.318 e. The summed E-state index contributed by atoms with van der Waals surface area (Å²) < 4.78 is 11.3. The number of hydrogen-bond donors (Lipinski definition) is 2. The van der Waals surface area contributed by atoms with Crippen molar-refractivity contribution < 1.29 is 19.4 Å². The third-order valence-corrected chi connectivity index (χ3v) is 5.18. The fraction of sp³-hybridized carbons (Fsp3) is 0.381. The minimum absolute atomic E-state index is 0.0322. The largest absolute Gasteiger partial charge is 0.486 e. The Labute approximate surface area is 158 Å². The molecule has 2 heterocycles. The lowest BCUT2D eigenvalue weighted by Gasteiger charge is -2.27. The highest BCUT2D eigenvalue weighted by molar-refractivity contribution is 5.75. The van der Waals surface area contributed by atoms with Crippen molar-refractivity contribution in [3.05, 3.63) is 59.2 Å². The fourth-order valence-corrected chi connectivity index (χ4v) is 3.78. The second-order valence-electron chi connectivity index (χ2n) is 6.84. The number of aliphatic hydroxyl groups excluding tert-OH is 1. The number of ether oxygens (including phenoxy) is 2. The summed E-state index contributed by atoms with van der Waals surface area (Å²) in [6, 6.07) is 13.5. The highest BCUT2D eigenvalue weighted by Gasteiger charge is 2.30. The average molecular weight is 368 g/mol. The van der Waals surface area contributed by atoms with Crippen molar-refractivity contribution in [3.8, 4) is 11.5 Å². The lowest BCUT2D eigenvalue weighted by molar-refractivity contribution is 0.170. The van der Waals surface area contributed by atoms with Crippen molar-refractivity contribution in [1.29, 1.82) is 0 Å². The number of carbonyl (C=O) groups is 1. The molecule has 0 aromatic heterocycles. The number of nitrogens with one attached hydrogen (secondary N) is 1. The van der Waals surface area contributed by atoms with E-state index in [2.05, 4.69) is 5.32 Å². The van der Waals surface area contributed by atoms with E-state index in [9.17, 15) is 9.90 Å². The molecule has 0 radical (unpaired) electrons. The zero-order valence-electron chi connectivity index (χ0n) is 15.2. The first-order chi connectivity index (χ1) is 13.3. The summed E-state index contributed by atoms with van der Waals surface area (Å²) >= 11 is 0.